The summed E-state index contributed by atoms with van der Waals surface area (Å²) in [6, 6.07) is 0. The van der Waals surface area contributed by atoms with Crippen molar-refractivity contribution in [3.63, 3.8) is 0 Å². The molecular weight excluding hydrogens is 420 g/mol. The fourth-order valence-electron chi connectivity index (χ4n) is 5.13. The molecule has 33 heavy (non-hydrogen) atoms. The molecule has 0 spiro atoms. The molecule has 0 bridgehead atoms. The third kappa shape index (κ3) is 6.67. The van der Waals surface area contributed by atoms with Gasteiger partial charge in [-0.2, -0.15) is 0 Å². The SMILES string of the molecule is CC(=O)O[C@H]1OC(=O)C=C1[C@@H]1CC=C(CC/C=C(\C)CCC2=C(C)CCCC2(C)C)[C@@H](O)O1. The van der Waals surface area contributed by atoms with Crippen LogP contribution in [0.1, 0.15) is 86.0 Å². The maximum atomic E-state index is 11.6. The minimum absolute atomic E-state index is 0.312. The molecular formula is C27H38O6. The highest BCUT2D eigenvalue weighted by atomic mass is 16.7. The van der Waals surface area contributed by atoms with E-state index in [1.165, 1.54) is 37.8 Å². The average Bonchev–Trinajstić information content (AvgIpc) is 3.07. The normalized spacial score (nSPS) is 27.8. The Bertz CT molecular complexity index is 888. The van der Waals surface area contributed by atoms with Crippen molar-refractivity contribution in [3.05, 3.63) is 46.1 Å². The number of esters is 2. The highest BCUT2D eigenvalue weighted by Crippen LogP contribution is 2.42. The van der Waals surface area contributed by atoms with Crippen molar-refractivity contribution in [2.45, 2.75) is 105 Å². The first-order valence-electron chi connectivity index (χ1n) is 12.0. The van der Waals surface area contributed by atoms with Crippen molar-refractivity contribution >= 4 is 11.9 Å². The van der Waals surface area contributed by atoms with E-state index < -0.39 is 30.6 Å². The molecule has 2 heterocycles. The molecule has 3 aliphatic rings. The number of ether oxygens (including phenoxy) is 3. The fraction of sp³-hybridized carbons (Fsp3) is 0.630. The maximum Gasteiger partial charge on any atom is 0.334 e. The number of allylic oxidation sites excluding steroid dienone is 4. The van der Waals surface area contributed by atoms with E-state index in [0.29, 0.717) is 23.8 Å². The fourth-order valence-corrected chi connectivity index (χ4v) is 5.13. The topological polar surface area (TPSA) is 82.1 Å². The Morgan fingerprint density at radius 1 is 1.30 bits per heavy atom. The summed E-state index contributed by atoms with van der Waals surface area (Å²) in [4.78, 5) is 22.9. The van der Waals surface area contributed by atoms with Crippen LogP contribution in [0.4, 0.5) is 0 Å². The number of aliphatic hydroxyl groups is 1. The minimum Gasteiger partial charge on any atom is -0.421 e. The molecule has 182 valence electrons. The van der Waals surface area contributed by atoms with Crippen molar-refractivity contribution < 1.29 is 28.9 Å². The van der Waals surface area contributed by atoms with Crippen LogP contribution in [-0.2, 0) is 23.8 Å². The van der Waals surface area contributed by atoms with Gasteiger partial charge in [-0.25, -0.2) is 4.79 Å². The highest BCUT2D eigenvalue weighted by Gasteiger charge is 2.37. The van der Waals surface area contributed by atoms with Crippen LogP contribution in [0, 0.1) is 5.41 Å². The molecule has 0 amide bonds. The van der Waals surface area contributed by atoms with Crippen LogP contribution < -0.4 is 0 Å². The number of hydrogen-bond acceptors (Lipinski definition) is 6. The van der Waals surface area contributed by atoms with Gasteiger partial charge in [0.25, 0.3) is 6.29 Å². The van der Waals surface area contributed by atoms with Gasteiger partial charge < -0.3 is 19.3 Å². The van der Waals surface area contributed by atoms with Gasteiger partial charge in [-0.15, -0.1) is 0 Å². The molecule has 3 rings (SSSR count). The third-order valence-corrected chi connectivity index (χ3v) is 7.01. The summed E-state index contributed by atoms with van der Waals surface area (Å²) in [5.41, 5.74) is 6.14. The van der Waals surface area contributed by atoms with Gasteiger partial charge in [0, 0.05) is 18.6 Å². The molecule has 0 aromatic rings. The second-order valence-corrected chi connectivity index (χ2v) is 10.1. The Kier molecular flexibility index (Phi) is 8.35. The number of carbonyl (C=O) groups excluding carboxylic acids is 2. The Balaban J connectivity index is 1.51. The van der Waals surface area contributed by atoms with Gasteiger partial charge in [-0.05, 0) is 76.2 Å². The standard InChI is InChI=1S/C27H38O6/c1-17(11-13-22-18(2)9-7-15-27(22,4)5)8-6-10-20-12-14-23(32-25(20)30)21-16-24(29)33-26(21)31-19(3)28/h8,12,16,23,25-26,30H,6-7,9-11,13-15H2,1-5H3/b17-8+/t23-,25-,26-/m0/s1. The molecule has 0 unspecified atom stereocenters. The third-order valence-electron chi connectivity index (χ3n) is 7.01. The molecule has 1 aliphatic carbocycles. The van der Waals surface area contributed by atoms with Crippen LogP contribution >= 0.6 is 0 Å². The zero-order valence-electron chi connectivity index (χ0n) is 20.6. The van der Waals surface area contributed by atoms with E-state index in [4.69, 9.17) is 14.2 Å². The summed E-state index contributed by atoms with van der Waals surface area (Å²) in [5.74, 6) is -1.12. The highest BCUT2D eigenvalue weighted by molar-refractivity contribution is 5.86. The van der Waals surface area contributed by atoms with E-state index >= 15 is 0 Å². The first-order chi connectivity index (χ1) is 15.6. The van der Waals surface area contributed by atoms with Crippen molar-refractivity contribution in [2.75, 3.05) is 0 Å². The molecule has 6 nitrogen and oxygen atoms in total. The van der Waals surface area contributed by atoms with Crippen LogP contribution in [0.3, 0.4) is 0 Å². The predicted molar refractivity (Wildman–Crippen MR) is 126 cm³/mol. The van der Waals surface area contributed by atoms with Gasteiger partial charge >= 0.3 is 11.9 Å². The maximum absolute atomic E-state index is 11.6. The van der Waals surface area contributed by atoms with Gasteiger partial charge in [-0.1, -0.05) is 42.7 Å². The second kappa shape index (κ2) is 10.8. The summed E-state index contributed by atoms with van der Waals surface area (Å²) < 4.78 is 15.8. The van der Waals surface area contributed by atoms with Crippen LogP contribution in [-0.4, -0.2) is 35.7 Å². The summed E-state index contributed by atoms with van der Waals surface area (Å²) in [5, 5.41) is 10.5. The summed E-state index contributed by atoms with van der Waals surface area (Å²) in [6.07, 6.45) is 10.8. The monoisotopic (exact) mass is 458 g/mol. The lowest BCUT2D eigenvalue weighted by molar-refractivity contribution is -0.176. The molecule has 0 radical (unpaired) electrons. The number of hydrogen-bond donors (Lipinski definition) is 1. The van der Waals surface area contributed by atoms with E-state index in [1.54, 1.807) is 11.1 Å². The van der Waals surface area contributed by atoms with Crippen LogP contribution in [0.15, 0.2) is 46.1 Å². The van der Waals surface area contributed by atoms with Crippen molar-refractivity contribution in [1.82, 2.24) is 0 Å². The Morgan fingerprint density at radius 2 is 2.06 bits per heavy atom. The van der Waals surface area contributed by atoms with Crippen LogP contribution in [0.25, 0.3) is 0 Å². The molecule has 3 atom stereocenters. The Labute approximate surface area is 197 Å². The minimum atomic E-state index is -1.08. The number of carbonyl (C=O) groups is 2. The lowest BCUT2D eigenvalue weighted by Crippen LogP contribution is -2.33. The van der Waals surface area contributed by atoms with Crippen molar-refractivity contribution in [2.24, 2.45) is 5.41 Å². The van der Waals surface area contributed by atoms with Crippen molar-refractivity contribution in [3.8, 4) is 0 Å². The van der Waals surface area contributed by atoms with Gasteiger partial charge in [0.2, 0.25) is 0 Å². The molecule has 2 aliphatic heterocycles. The van der Waals surface area contributed by atoms with E-state index in [-0.39, 0.29) is 0 Å². The summed E-state index contributed by atoms with van der Waals surface area (Å²) in [7, 11) is 0. The molecule has 1 N–H and O–H groups in total. The zero-order valence-corrected chi connectivity index (χ0v) is 20.6. The average molecular weight is 459 g/mol. The first kappa shape index (κ1) is 25.4. The van der Waals surface area contributed by atoms with Gasteiger partial charge in [0.05, 0.1) is 6.10 Å². The van der Waals surface area contributed by atoms with Gasteiger partial charge in [0.15, 0.2) is 6.29 Å². The van der Waals surface area contributed by atoms with E-state index in [9.17, 15) is 14.7 Å². The molecule has 0 saturated carbocycles. The smallest absolute Gasteiger partial charge is 0.334 e. The Hall–Kier alpha value is -2.18. The van der Waals surface area contributed by atoms with Gasteiger partial charge in [0.1, 0.15) is 0 Å². The van der Waals surface area contributed by atoms with Crippen LogP contribution in [0.5, 0.6) is 0 Å². The van der Waals surface area contributed by atoms with E-state index in [1.807, 2.05) is 6.08 Å². The van der Waals surface area contributed by atoms with Crippen molar-refractivity contribution in [1.29, 1.82) is 0 Å². The largest absolute Gasteiger partial charge is 0.421 e. The molecule has 0 fully saturated rings. The zero-order chi connectivity index (χ0) is 24.2. The molecule has 0 aromatic heterocycles. The predicted octanol–water partition coefficient (Wildman–Crippen LogP) is 5.43. The Morgan fingerprint density at radius 3 is 2.73 bits per heavy atom. The molecule has 0 aromatic carbocycles. The molecule has 6 heteroatoms. The number of cyclic esters (lactones) is 1. The summed E-state index contributed by atoms with van der Waals surface area (Å²) in [6.45, 7) is 10.5. The lowest BCUT2D eigenvalue weighted by atomic mass is 9.71. The lowest BCUT2D eigenvalue weighted by Gasteiger charge is -2.35. The van der Waals surface area contributed by atoms with Crippen LogP contribution in [0.2, 0.25) is 0 Å². The molecule has 0 saturated heterocycles. The number of rotatable bonds is 8. The van der Waals surface area contributed by atoms with E-state index in [0.717, 1.165) is 24.8 Å². The van der Waals surface area contributed by atoms with Gasteiger partial charge in [-0.3, -0.25) is 4.79 Å². The second-order valence-electron chi connectivity index (χ2n) is 10.1. The quantitative estimate of drug-likeness (QED) is 0.386. The first-order valence-corrected chi connectivity index (χ1v) is 12.0. The summed E-state index contributed by atoms with van der Waals surface area (Å²) >= 11 is 0. The number of aliphatic hydroxyl groups excluding tert-OH is 1. The van der Waals surface area contributed by atoms with E-state index in [2.05, 4.69) is 33.8 Å².